The first-order valence-corrected chi connectivity index (χ1v) is 3.89. The predicted molar refractivity (Wildman–Crippen MR) is 45.9 cm³/mol. The Morgan fingerprint density at radius 2 is 2.43 bits per heavy atom. The monoisotopic (exact) mass is 199 g/mol. The second kappa shape index (κ2) is 3.86. The van der Waals surface area contributed by atoms with E-state index in [1.165, 1.54) is 18.0 Å². The summed E-state index contributed by atoms with van der Waals surface area (Å²) in [5.74, 6) is -1.23. The van der Waals surface area contributed by atoms with E-state index in [9.17, 15) is 14.9 Å². The molecule has 0 unspecified atom stereocenters. The summed E-state index contributed by atoms with van der Waals surface area (Å²) in [6.45, 7) is 2.17. The van der Waals surface area contributed by atoms with Gasteiger partial charge in [0, 0.05) is 6.54 Å². The Kier molecular flexibility index (Phi) is 2.80. The number of methoxy groups -OCH3 is 1. The van der Waals surface area contributed by atoms with Crippen LogP contribution < -0.4 is 0 Å². The summed E-state index contributed by atoms with van der Waals surface area (Å²) in [5, 5.41) is 10.5. The number of hydrogen-bond donors (Lipinski definition) is 0. The first-order chi connectivity index (χ1) is 6.61. The van der Waals surface area contributed by atoms with E-state index in [0.717, 1.165) is 0 Å². The minimum absolute atomic E-state index is 0.125. The van der Waals surface area contributed by atoms with E-state index < -0.39 is 16.7 Å². The first kappa shape index (κ1) is 10.2. The number of carbonyl (C=O) groups is 1. The topological polar surface area (TPSA) is 87.3 Å². The lowest BCUT2D eigenvalue weighted by atomic mass is 10.4. The molecule has 0 saturated heterocycles. The molecule has 0 fully saturated rings. The number of nitro groups is 1. The molecule has 0 spiro atoms. The van der Waals surface area contributed by atoms with Crippen molar-refractivity contribution in [3.05, 3.63) is 22.1 Å². The molecular formula is C7H9N3O4. The molecule has 76 valence electrons. The van der Waals surface area contributed by atoms with E-state index in [-0.39, 0.29) is 5.69 Å². The number of ether oxygens (including phenoxy) is 1. The van der Waals surface area contributed by atoms with Gasteiger partial charge < -0.3 is 14.9 Å². The molecular weight excluding hydrogens is 190 g/mol. The molecule has 7 nitrogen and oxygen atoms in total. The normalized spacial score (nSPS) is 9.86. The molecule has 0 bridgehead atoms. The number of hydrogen-bond acceptors (Lipinski definition) is 5. The zero-order valence-corrected chi connectivity index (χ0v) is 7.76. The average Bonchev–Trinajstić information content (AvgIpc) is 2.59. The van der Waals surface area contributed by atoms with Crippen molar-refractivity contribution in [3.8, 4) is 0 Å². The number of esters is 1. The van der Waals surface area contributed by atoms with Crippen LogP contribution in [0, 0.1) is 10.1 Å². The van der Waals surface area contributed by atoms with Crippen LogP contribution in [0.2, 0.25) is 0 Å². The molecule has 0 aliphatic heterocycles. The second-order valence-corrected chi connectivity index (χ2v) is 2.45. The fourth-order valence-corrected chi connectivity index (χ4v) is 1.05. The van der Waals surface area contributed by atoms with Gasteiger partial charge >= 0.3 is 11.8 Å². The van der Waals surface area contributed by atoms with Crippen molar-refractivity contribution in [3.63, 3.8) is 0 Å². The van der Waals surface area contributed by atoms with Crippen molar-refractivity contribution in [2.75, 3.05) is 7.11 Å². The average molecular weight is 199 g/mol. The number of rotatable bonds is 3. The molecule has 0 aromatic carbocycles. The molecule has 14 heavy (non-hydrogen) atoms. The zero-order valence-electron chi connectivity index (χ0n) is 7.76. The molecule has 0 saturated carbocycles. The molecule has 0 aliphatic carbocycles. The maximum Gasteiger partial charge on any atom is 0.396 e. The van der Waals surface area contributed by atoms with Gasteiger partial charge in [-0.25, -0.2) is 4.79 Å². The number of aromatic nitrogens is 2. The van der Waals surface area contributed by atoms with Gasteiger partial charge in [-0.1, -0.05) is 0 Å². The van der Waals surface area contributed by atoms with E-state index in [1.807, 2.05) is 0 Å². The van der Waals surface area contributed by atoms with E-state index in [0.29, 0.717) is 6.54 Å². The summed E-state index contributed by atoms with van der Waals surface area (Å²) in [5.41, 5.74) is -0.125. The summed E-state index contributed by atoms with van der Waals surface area (Å²) < 4.78 is 5.79. The fraction of sp³-hybridized carbons (Fsp3) is 0.429. The highest BCUT2D eigenvalue weighted by Crippen LogP contribution is 2.16. The third kappa shape index (κ3) is 1.56. The third-order valence-corrected chi connectivity index (χ3v) is 1.71. The van der Waals surface area contributed by atoms with Crippen LogP contribution in [0.5, 0.6) is 0 Å². The minimum Gasteiger partial charge on any atom is -0.464 e. The maximum absolute atomic E-state index is 11.2. The SMILES string of the molecule is CCn1cnc([N+](=O)[O-])c1C(=O)OC. The summed E-state index contributed by atoms with van der Waals surface area (Å²) in [7, 11) is 1.17. The van der Waals surface area contributed by atoms with Gasteiger partial charge in [0.2, 0.25) is 12.0 Å². The van der Waals surface area contributed by atoms with E-state index in [1.54, 1.807) is 6.92 Å². The lowest BCUT2D eigenvalue weighted by Gasteiger charge is -2.00. The molecule has 0 N–H and O–H groups in total. The molecule has 1 rings (SSSR count). The van der Waals surface area contributed by atoms with Gasteiger partial charge in [0.15, 0.2) is 0 Å². The molecule has 0 radical (unpaired) electrons. The number of carbonyl (C=O) groups excluding carboxylic acids is 1. The van der Waals surface area contributed by atoms with E-state index >= 15 is 0 Å². The maximum atomic E-state index is 11.2. The Labute approximate surface area is 79.5 Å². The van der Waals surface area contributed by atoms with Gasteiger partial charge in [-0.15, -0.1) is 0 Å². The van der Waals surface area contributed by atoms with Crippen molar-refractivity contribution in [2.24, 2.45) is 0 Å². The highest BCUT2D eigenvalue weighted by atomic mass is 16.6. The Hall–Kier alpha value is -1.92. The summed E-state index contributed by atoms with van der Waals surface area (Å²) >= 11 is 0. The Bertz CT molecular complexity index is 371. The standard InChI is InChI=1S/C7H9N3O4/c1-3-9-4-8-6(10(12)13)5(9)7(11)14-2/h4H,3H2,1-2H3. The van der Waals surface area contributed by atoms with Crippen LogP contribution in [0.4, 0.5) is 5.82 Å². The third-order valence-electron chi connectivity index (χ3n) is 1.71. The lowest BCUT2D eigenvalue weighted by molar-refractivity contribution is -0.389. The molecule has 1 heterocycles. The van der Waals surface area contributed by atoms with Crippen LogP contribution in [0.25, 0.3) is 0 Å². The van der Waals surface area contributed by atoms with Crippen LogP contribution in [-0.4, -0.2) is 27.6 Å². The van der Waals surface area contributed by atoms with Crippen molar-refractivity contribution < 1.29 is 14.5 Å². The molecule has 7 heteroatoms. The largest absolute Gasteiger partial charge is 0.464 e. The van der Waals surface area contributed by atoms with Crippen molar-refractivity contribution >= 4 is 11.8 Å². The summed E-state index contributed by atoms with van der Waals surface area (Å²) in [4.78, 5) is 24.5. The van der Waals surface area contributed by atoms with Crippen LogP contribution in [0.1, 0.15) is 17.4 Å². The summed E-state index contributed by atoms with van der Waals surface area (Å²) in [6, 6.07) is 0. The van der Waals surface area contributed by atoms with Gasteiger partial charge in [0.05, 0.1) is 7.11 Å². The van der Waals surface area contributed by atoms with Crippen LogP contribution in [0.3, 0.4) is 0 Å². The number of aryl methyl sites for hydroxylation is 1. The van der Waals surface area contributed by atoms with Crippen LogP contribution >= 0.6 is 0 Å². The minimum atomic E-state index is -0.754. The van der Waals surface area contributed by atoms with Gasteiger partial charge in [0.1, 0.15) is 0 Å². The van der Waals surface area contributed by atoms with E-state index in [2.05, 4.69) is 9.72 Å². The van der Waals surface area contributed by atoms with Crippen molar-refractivity contribution in [1.29, 1.82) is 0 Å². The van der Waals surface area contributed by atoms with Crippen molar-refractivity contribution in [1.82, 2.24) is 9.55 Å². The molecule has 0 amide bonds. The van der Waals surface area contributed by atoms with Crippen LogP contribution in [0.15, 0.2) is 6.33 Å². The Morgan fingerprint density at radius 3 is 2.86 bits per heavy atom. The zero-order chi connectivity index (χ0) is 10.7. The van der Waals surface area contributed by atoms with Gasteiger partial charge in [-0.05, 0) is 16.8 Å². The van der Waals surface area contributed by atoms with E-state index in [4.69, 9.17) is 0 Å². The number of nitrogens with zero attached hydrogens (tertiary/aromatic N) is 3. The molecule has 0 aliphatic rings. The quantitative estimate of drug-likeness (QED) is 0.404. The Morgan fingerprint density at radius 1 is 1.79 bits per heavy atom. The van der Waals surface area contributed by atoms with Crippen LogP contribution in [-0.2, 0) is 11.3 Å². The molecule has 0 atom stereocenters. The first-order valence-electron chi connectivity index (χ1n) is 3.89. The van der Waals surface area contributed by atoms with Gasteiger partial charge in [-0.3, -0.25) is 4.57 Å². The van der Waals surface area contributed by atoms with Gasteiger partial charge in [-0.2, -0.15) is 0 Å². The lowest BCUT2D eigenvalue weighted by Crippen LogP contribution is -2.11. The second-order valence-electron chi connectivity index (χ2n) is 2.45. The molecule has 1 aromatic rings. The smallest absolute Gasteiger partial charge is 0.396 e. The highest BCUT2D eigenvalue weighted by molar-refractivity contribution is 5.91. The fourth-order valence-electron chi connectivity index (χ4n) is 1.05. The predicted octanol–water partition coefficient (Wildman–Crippen LogP) is 0.598. The molecule has 1 aromatic heterocycles. The number of imidazole rings is 1. The summed E-state index contributed by atoms with van der Waals surface area (Å²) in [6.07, 6.45) is 1.24. The van der Waals surface area contributed by atoms with Gasteiger partial charge in [0.25, 0.3) is 0 Å². The Balaban J connectivity index is 3.26. The highest BCUT2D eigenvalue weighted by Gasteiger charge is 2.27. The van der Waals surface area contributed by atoms with Crippen molar-refractivity contribution in [2.45, 2.75) is 13.5 Å².